The molecule has 0 saturated carbocycles. The number of nitrogens with one attached hydrogen (secondary N) is 2. The summed E-state index contributed by atoms with van der Waals surface area (Å²) < 4.78 is 10.4. The summed E-state index contributed by atoms with van der Waals surface area (Å²) in [7, 11) is 1.42. The van der Waals surface area contributed by atoms with Gasteiger partial charge in [0, 0.05) is 66.0 Å². The highest BCUT2D eigenvalue weighted by molar-refractivity contribution is 9.10. The maximum absolute atomic E-state index is 11.3. The molecule has 0 amide bonds. The largest absolute Gasteiger partial charge is 0.488 e. The third-order valence-corrected chi connectivity index (χ3v) is 11.7. The molecule has 0 spiro atoms. The standard InChI is InChI=1S/C26H25N3O2.C20H20BrN3O2.C6H7BO2/c1-18-21(9-6-10-23(18)20-7-4-3-5-8-20)14-24-26-22(11-12-28-24)13-19(16-29-26)15-27-17-25(30)31-2;1-13-15(4-3-5-17(13)21)9-18-20-16(6-7-23-18)8-14(11-24-20)10-22-12-19(25)26-2;8-7(9)6-4-2-1-3-5-6/h3-13,16,27H,14-15,17H2,1-2H3;3-8,11,22H,9-10,12H2,1-2H3;1-5,8-9H. The third kappa shape index (κ3) is 13.7. The van der Waals surface area contributed by atoms with E-state index < -0.39 is 7.12 Å². The number of benzene rings is 4. The van der Waals surface area contributed by atoms with E-state index >= 15 is 0 Å². The zero-order chi connectivity index (χ0) is 46.8. The highest BCUT2D eigenvalue weighted by Crippen LogP contribution is 2.28. The number of esters is 2. The fourth-order valence-corrected chi connectivity index (χ4v) is 7.58. The van der Waals surface area contributed by atoms with E-state index in [2.05, 4.69) is 130 Å². The molecular formula is C52H52BBrN6O6. The molecule has 336 valence electrons. The molecule has 0 bridgehead atoms. The molecule has 66 heavy (non-hydrogen) atoms. The van der Waals surface area contributed by atoms with Crippen molar-refractivity contribution in [2.75, 3.05) is 27.3 Å². The topological polar surface area (TPSA) is 169 Å². The highest BCUT2D eigenvalue weighted by atomic mass is 79.9. The molecule has 0 atom stereocenters. The molecule has 0 aliphatic heterocycles. The van der Waals surface area contributed by atoms with E-state index in [0.717, 1.165) is 61.6 Å². The number of hydrogen-bond acceptors (Lipinski definition) is 12. The van der Waals surface area contributed by atoms with Crippen LogP contribution in [-0.4, -0.2) is 76.4 Å². The minimum Gasteiger partial charge on any atom is -0.468 e. The lowest BCUT2D eigenvalue weighted by molar-refractivity contribution is -0.140. The van der Waals surface area contributed by atoms with Gasteiger partial charge in [0.25, 0.3) is 0 Å². The average molecular weight is 948 g/mol. The van der Waals surface area contributed by atoms with Crippen molar-refractivity contribution in [3.05, 3.63) is 195 Å². The molecule has 0 saturated heterocycles. The molecule has 8 aromatic rings. The zero-order valence-corrected chi connectivity index (χ0v) is 39.0. The van der Waals surface area contributed by atoms with Gasteiger partial charge in [0.15, 0.2) is 0 Å². The number of aromatic nitrogens is 4. The Morgan fingerprint density at radius 1 is 0.606 bits per heavy atom. The predicted octanol–water partition coefficient (Wildman–Crippen LogP) is 7.38. The number of nitrogens with zero attached hydrogens (tertiary/aromatic N) is 4. The summed E-state index contributed by atoms with van der Waals surface area (Å²) in [5.41, 5.74) is 13.7. The van der Waals surface area contributed by atoms with Gasteiger partial charge in [-0.05, 0) is 94.1 Å². The molecule has 0 unspecified atom stereocenters. The quantitative estimate of drug-likeness (QED) is 0.0632. The molecule has 0 aliphatic carbocycles. The van der Waals surface area contributed by atoms with Crippen LogP contribution in [0.5, 0.6) is 0 Å². The van der Waals surface area contributed by atoms with Crippen LogP contribution in [0.4, 0.5) is 0 Å². The van der Waals surface area contributed by atoms with Gasteiger partial charge in [0.1, 0.15) is 0 Å². The lowest BCUT2D eigenvalue weighted by Crippen LogP contribution is -2.29. The average Bonchev–Trinajstić information content (AvgIpc) is 3.34. The first-order valence-electron chi connectivity index (χ1n) is 21.3. The number of carbonyl (C=O) groups excluding carboxylic acids is 2. The van der Waals surface area contributed by atoms with Crippen molar-refractivity contribution in [3.8, 4) is 11.1 Å². The Morgan fingerprint density at radius 3 is 1.58 bits per heavy atom. The number of methoxy groups -OCH3 is 2. The molecule has 0 aliphatic rings. The molecule has 4 aromatic heterocycles. The van der Waals surface area contributed by atoms with Crippen LogP contribution < -0.4 is 16.1 Å². The van der Waals surface area contributed by atoms with Crippen LogP contribution in [0.2, 0.25) is 0 Å². The first-order valence-corrected chi connectivity index (χ1v) is 22.1. The van der Waals surface area contributed by atoms with Crippen LogP contribution in [-0.2, 0) is 45.0 Å². The van der Waals surface area contributed by atoms with Gasteiger partial charge in [0.2, 0.25) is 0 Å². The first-order chi connectivity index (χ1) is 32.0. The molecule has 0 fully saturated rings. The molecule has 4 N–H and O–H groups in total. The minimum absolute atomic E-state index is 0.174. The molecular weight excluding hydrogens is 895 g/mol. The van der Waals surface area contributed by atoms with Crippen LogP contribution >= 0.6 is 15.9 Å². The van der Waals surface area contributed by atoms with Crippen molar-refractivity contribution in [3.63, 3.8) is 0 Å². The van der Waals surface area contributed by atoms with Gasteiger partial charge in [-0.15, -0.1) is 0 Å². The number of carbonyl (C=O) groups is 2. The second kappa shape index (κ2) is 24.6. The Bertz CT molecular complexity index is 2870. The Morgan fingerprint density at radius 2 is 1.09 bits per heavy atom. The first kappa shape index (κ1) is 48.8. The van der Waals surface area contributed by atoms with Gasteiger partial charge in [0.05, 0.1) is 49.7 Å². The van der Waals surface area contributed by atoms with Crippen LogP contribution in [0.15, 0.2) is 151 Å². The SMILES string of the molecule is COC(=O)CNCc1cnc2c(Cc3cccc(-c4ccccc4)c3C)nccc2c1.COC(=O)CNCc1cnc2c(Cc3cccc(Br)c3C)nccc2c1.OB(O)c1ccccc1. The Balaban J connectivity index is 0.000000186. The van der Waals surface area contributed by atoms with Gasteiger partial charge in [-0.1, -0.05) is 107 Å². The Labute approximate surface area is 393 Å². The van der Waals surface area contributed by atoms with Crippen molar-refractivity contribution in [2.45, 2.75) is 39.8 Å². The minimum atomic E-state index is -1.34. The van der Waals surface area contributed by atoms with E-state index in [1.165, 1.54) is 47.6 Å². The maximum atomic E-state index is 11.3. The maximum Gasteiger partial charge on any atom is 0.488 e. The lowest BCUT2D eigenvalue weighted by atomic mass is 9.81. The molecule has 8 rings (SSSR count). The number of hydrogen-bond donors (Lipinski definition) is 4. The van der Waals surface area contributed by atoms with E-state index in [1.54, 1.807) is 24.3 Å². The van der Waals surface area contributed by atoms with E-state index in [0.29, 0.717) is 18.6 Å². The van der Waals surface area contributed by atoms with E-state index in [9.17, 15) is 9.59 Å². The Kier molecular flexibility index (Phi) is 18.2. The van der Waals surface area contributed by atoms with Crippen molar-refractivity contribution >= 4 is 62.3 Å². The summed E-state index contributed by atoms with van der Waals surface area (Å²) in [4.78, 5) is 40.9. The third-order valence-electron chi connectivity index (χ3n) is 10.8. The summed E-state index contributed by atoms with van der Waals surface area (Å²) in [6.07, 6.45) is 8.77. The van der Waals surface area contributed by atoms with Crippen LogP contribution in [0.3, 0.4) is 0 Å². The van der Waals surface area contributed by atoms with Crippen molar-refractivity contribution in [1.29, 1.82) is 0 Å². The van der Waals surface area contributed by atoms with Crippen molar-refractivity contribution in [2.24, 2.45) is 0 Å². The summed E-state index contributed by atoms with van der Waals surface area (Å²) in [6.45, 7) is 5.73. The summed E-state index contributed by atoms with van der Waals surface area (Å²) in [6, 6.07) is 39.8. The summed E-state index contributed by atoms with van der Waals surface area (Å²) >= 11 is 3.58. The van der Waals surface area contributed by atoms with E-state index in [-0.39, 0.29) is 25.0 Å². The number of pyridine rings is 4. The molecule has 14 heteroatoms. The Hall–Kier alpha value is -6.68. The zero-order valence-electron chi connectivity index (χ0n) is 37.4. The number of fused-ring (bicyclic) bond motifs is 2. The molecule has 0 radical (unpaired) electrons. The lowest BCUT2D eigenvalue weighted by Gasteiger charge is -2.13. The van der Waals surface area contributed by atoms with Gasteiger partial charge in [-0.25, -0.2) is 0 Å². The van der Waals surface area contributed by atoms with Crippen LogP contribution in [0, 0.1) is 13.8 Å². The number of halogens is 1. The van der Waals surface area contributed by atoms with Crippen LogP contribution in [0.1, 0.15) is 44.8 Å². The molecule has 4 aromatic carbocycles. The van der Waals surface area contributed by atoms with Crippen LogP contribution in [0.25, 0.3) is 32.9 Å². The van der Waals surface area contributed by atoms with Gasteiger partial charge in [-0.2, -0.15) is 0 Å². The van der Waals surface area contributed by atoms with E-state index in [1.807, 2.05) is 61.2 Å². The number of rotatable bonds is 14. The molecule has 4 heterocycles. The highest BCUT2D eigenvalue weighted by Gasteiger charge is 2.13. The fourth-order valence-electron chi connectivity index (χ4n) is 7.18. The predicted molar refractivity (Wildman–Crippen MR) is 264 cm³/mol. The van der Waals surface area contributed by atoms with E-state index in [4.69, 9.17) is 10.0 Å². The summed E-state index contributed by atoms with van der Waals surface area (Å²) in [5, 5.41) is 25.4. The monoisotopic (exact) mass is 946 g/mol. The number of ether oxygens (including phenoxy) is 2. The fraction of sp³-hybridized carbons (Fsp3) is 0.192. The molecule has 12 nitrogen and oxygen atoms in total. The second-order valence-corrected chi connectivity index (χ2v) is 16.2. The normalized spacial score (nSPS) is 10.7. The van der Waals surface area contributed by atoms with Crippen molar-refractivity contribution in [1.82, 2.24) is 30.6 Å². The van der Waals surface area contributed by atoms with Gasteiger partial charge in [-0.3, -0.25) is 29.5 Å². The second-order valence-electron chi connectivity index (χ2n) is 15.3. The van der Waals surface area contributed by atoms with Gasteiger partial charge >= 0.3 is 19.1 Å². The summed E-state index contributed by atoms with van der Waals surface area (Å²) in [5.74, 6) is -0.567. The van der Waals surface area contributed by atoms with Crippen molar-refractivity contribution < 1.29 is 29.1 Å². The smallest absolute Gasteiger partial charge is 0.468 e. The van der Waals surface area contributed by atoms with Gasteiger partial charge < -0.3 is 30.2 Å².